The number of thiophene rings is 1. The van der Waals surface area contributed by atoms with Gasteiger partial charge in [-0.25, -0.2) is 0 Å². The molecule has 1 aromatic heterocycles. The molecule has 5 nitrogen and oxygen atoms in total. The third-order valence-electron chi connectivity index (χ3n) is 2.29. The molecule has 0 unspecified atom stereocenters. The molecule has 1 aromatic rings. The molecule has 0 aliphatic carbocycles. The van der Waals surface area contributed by atoms with Crippen LogP contribution < -0.4 is 5.73 Å². The van der Waals surface area contributed by atoms with Crippen molar-refractivity contribution in [3.63, 3.8) is 0 Å². The van der Waals surface area contributed by atoms with Crippen LogP contribution in [0.1, 0.15) is 4.88 Å². The number of aliphatic carboxylic acids is 1. The van der Waals surface area contributed by atoms with E-state index in [2.05, 4.69) is 0 Å². The minimum Gasteiger partial charge on any atom is -0.480 e. The normalized spacial score (nSPS) is 12.2. The summed E-state index contributed by atoms with van der Waals surface area (Å²) in [5, 5.41) is 8.61. The second-order valence-electron chi connectivity index (χ2n) is 3.92. The molecular formula is C11H15ClN2O3S2. The van der Waals surface area contributed by atoms with Gasteiger partial charge in [0, 0.05) is 17.7 Å². The third kappa shape index (κ3) is 5.82. The van der Waals surface area contributed by atoms with Crippen LogP contribution in [-0.2, 0) is 16.1 Å². The first kappa shape index (κ1) is 16.3. The van der Waals surface area contributed by atoms with E-state index in [4.69, 9.17) is 22.4 Å². The Labute approximate surface area is 124 Å². The number of rotatable bonds is 7. The second-order valence-corrected chi connectivity index (χ2v) is 6.75. The highest BCUT2D eigenvalue weighted by molar-refractivity contribution is 8.00. The zero-order valence-corrected chi connectivity index (χ0v) is 12.7. The Hall–Kier alpha value is -0.760. The van der Waals surface area contributed by atoms with E-state index in [9.17, 15) is 9.59 Å². The summed E-state index contributed by atoms with van der Waals surface area (Å²) in [6, 6.07) is 2.74. The van der Waals surface area contributed by atoms with Gasteiger partial charge in [0.2, 0.25) is 5.91 Å². The average Bonchev–Trinajstić information content (AvgIpc) is 2.74. The number of carbonyl (C=O) groups is 2. The summed E-state index contributed by atoms with van der Waals surface area (Å²) in [4.78, 5) is 24.9. The highest BCUT2D eigenvalue weighted by Crippen LogP contribution is 2.22. The summed E-state index contributed by atoms with van der Waals surface area (Å²) in [7, 11) is 1.70. The van der Waals surface area contributed by atoms with Gasteiger partial charge in [-0.3, -0.25) is 9.59 Å². The number of hydrogen-bond acceptors (Lipinski definition) is 5. The molecule has 3 N–H and O–H groups in total. The van der Waals surface area contributed by atoms with Gasteiger partial charge in [-0.2, -0.15) is 0 Å². The lowest BCUT2D eigenvalue weighted by Crippen LogP contribution is -2.33. The van der Waals surface area contributed by atoms with E-state index in [0.717, 1.165) is 4.88 Å². The summed E-state index contributed by atoms with van der Waals surface area (Å²) in [5.41, 5.74) is 5.35. The van der Waals surface area contributed by atoms with Crippen molar-refractivity contribution in [1.82, 2.24) is 4.90 Å². The Morgan fingerprint density at radius 3 is 2.79 bits per heavy atom. The Morgan fingerprint density at radius 1 is 1.58 bits per heavy atom. The maximum Gasteiger partial charge on any atom is 0.321 e. The lowest BCUT2D eigenvalue weighted by Gasteiger charge is -2.16. The predicted molar refractivity (Wildman–Crippen MR) is 78.7 cm³/mol. The van der Waals surface area contributed by atoms with Crippen molar-refractivity contribution in [3.05, 3.63) is 21.3 Å². The molecule has 0 saturated carbocycles. The van der Waals surface area contributed by atoms with E-state index in [1.807, 2.05) is 6.07 Å². The van der Waals surface area contributed by atoms with Crippen LogP contribution in [0, 0.1) is 0 Å². The van der Waals surface area contributed by atoms with Gasteiger partial charge in [0.25, 0.3) is 0 Å². The second kappa shape index (κ2) is 7.74. The van der Waals surface area contributed by atoms with Gasteiger partial charge in [-0.05, 0) is 12.1 Å². The molecule has 0 aromatic carbocycles. The van der Waals surface area contributed by atoms with E-state index in [0.29, 0.717) is 10.9 Å². The molecule has 0 spiro atoms. The minimum absolute atomic E-state index is 0.0629. The first-order chi connectivity index (χ1) is 8.90. The van der Waals surface area contributed by atoms with Crippen molar-refractivity contribution in [2.75, 3.05) is 18.6 Å². The minimum atomic E-state index is -1.05. The molecular weight excluding hydrogens is 308 g/mol. The smallest absolute Gasteiger partial charge is 0.321 e. The number of halogens is 1. The molecule has 1 heterocycles. The predicted octanol–water partition coefficient (Wildman–Crippen LogP) is 1.51. The van der Waals surface area contributed by atoms with Gasteiger partial charge in [-0.1, -0.05) is 11.6 Å². The highest BCUT2D eigenvalue weighted by Gasteiger charge is 2.14. The van der Waals surface area contributed by atoms with Crippen LogP contribution in [0.3, 0.4) is 0 Å². The molecule has 1 atom stereocenters. The van der Waals surface area contributed by atoms with Crippen molar-refractivity contribution in [1.29, 1.82) is 0 Å². The molecule has 0 bridgehead atoms. The first-order valence-electron chi connectivity index (χ1n) is 5.44. The third-order valence-corrected chi connectivity index (χ3v) is 4.55. The van der Waals surface area contributed by atoms with E-state index >= 15 is 0 Å². The van der Waals surface area contributed by atoms with Gasteiger partial charge in [0.15, 0.2) is 0 Å². The number of nitrogens with two attached hydrogens (primary N) is 1. The van der Waals surface area contributed by atoms with E-state index in [1.165, 1.54) is 23.1 Å². The molecule has 1 amide bonds. The fourth-order valence-corrected chi connectivity index (χ4v) is 3.26. The highest BCUT2D eigenvalue weighted by atomic mass is 35.5. The number of amides is 1. The van der Waals surface area contributed by atoms with Crippen molar-refractivity contribution in [2.24, 2.45) is 5.73 Å². The number of carboxylic acid groups (broad SMARTS) is 1. The molecule has 19 heavy (non-hydrogen) atoms. The van der Waals surface area contributed by atoms with Crippen LogP contribution in [0.15, 0.2) is 12.1 Å². The van der Waals surface area contributed by atoms with Crippen LogP contribution in [0.4, 0.5) is 0 Å². The van der Waals surface area contributed by atoms with Crippen LogP contribution in [0.2, 0.25) is 4.34 Å². The monoisotopic (exact) mass is 322 g/mol. The van der Waals surface area contributed by atoms with Gasteiger partial charge in [0.05, 0.1) is 16.6 Å². The van der Waals surface area contributed by atoms with Gasteiger partial charge in [-0.15, -0.1) is 23.1 Å². The molecule has 0 radical (unpaired) electrons. The quantitative estimate of drug-likeness (QED) is 0.795. The molecule has 0 aliphatic rings. The Bertz CT molecular complexity index is 453. The standard InChI is InChI=1S/C11H15ClN2O3S2/c1-14(4-7-2-3-9(12)19-7)10(15)6-18-5-8(13)11(16)17/h2-3,8H,4-6,13H2,1H3,(H,16,17)/t8-/m1/s1. The van der Waals surface area contributed by atoms with Crippen LogP contribution in [0.25, 0.3) is 0 Å². The molecule has 106 valence electrons. The maximum atomic E-state index is 11.8. The summed E-state index contributed by atoms with van der Waals surface area (Å²) < 4.78 is 0.692. The summed E-state index contributed by atoms with van der Waals surface area (Å²) in [5.74, 6) is -0.676. The maximum absolute atomic E-state index is 11.8. The number of hydrogen-bond donors (Lipinski definition) is 2. The zero-order chi connectivity index (χ0) is 14.4. The fraction of sp³-hybridized carbons (Fsp3) is 0.455. The average molecular weight is 323 g/mol. The van der Waals surface area contributed by atoms with Crippen LogP contribution in [-0.4, -0.2) is 46.5 Å². The Kier molecular flexibility index (Phi) is 6.64. The van der Waals surface area contributed by atoms with Crippen molar-refractivity contribution in [2.45, 2.75) is 12.6 Å². The zero-order valence-electron chi connectivity index (χ0n) is 10.3. The molecule has 8 heteroatoms. The first-order valence-corrected chi connectivity index (χ1v) is 7.79. The van der Waals surface area contributed by atoms with E-state index in [1.54, 1.807) is 18.0 Å². The van der Waals surface area contributed by atoms with Gasteiger partial charge >= 0.3 is 5.97 Å². The molecule has 1 rings (SSSR count). The fourth-order valence-electron chi connectivity index (χ4n) is 1.21. The van der Waals surface area contributed by atoms with Crippen LogP contribution in [0.5, 0.6) is 0 Å². The lowest BCUT2D eigenvalue weighted by molar-refractivity contribution is -0.138. The van der Waals surface area contributed by atoms with Crippen molar-refractivity contribution < 1.29 is 14.7 Å². The number of carbonyl (C=O) groups excluding carboxylic acids is 1. The largest absolute Gasteiger partial charge is 0.480 e. The van der Waals surface area contributed by atoms with Crippen molar-refractivity contribution >= 4 is 46.6 Å². The van der Waals surface area contributed by atoms with Gasteiger partial charge < -0.3 is 15.7 Å². The van der Waals surface area contributed by atoms with Crippen LogP contribution >= 0.6 is 34.7 Å². The SMILES string of the molecule is CN(Cc1ccc(Cl)s1)C(=O)CSC[C@@H](N)C(=O)O. The van der Waals surface area contributed by atoms with E-state index in [-0.39, 0.29) is 17.4 Å². The van der Waals surface area contributed by atoms with E-state index < -0.39 is 12.0 Å². The Balaban J connectivity index is 2.31. The molecule has 0 aliphatic heterocycles. The molecule has 0 fully saturated rings. The van der Waals surface area contributed by atoms with Gasteiger partial charge in [0.1, 0.15) is 6.04 Å². The van der Waals surface area contributed by atoms with Crippen molar-refractivity contribution in [3.8, 4) is 0 Å². The summed E-state index contributed by atoms with van der Waals surface area (Å²) in [6.07, 6.45) is 0. The molecule has 0 saturated heterocycles. The number of carboxylic acids is 1. The topological polar surface area (TPSA) is 83.6 Å². The number of thioether (sulfide) groups is 1. The number of nitrogens with zero attached hydrogens (tertiary/aromatic N) is 1. The lowest BCUT2D eigenvalue weighted by atomic mass is 10.4. The summed E-state index contributed by atoms with van der Waals surface area (Å²) in [6.45, 7) is 0.502. The Morgan fingerprint density at radius 2 is 2.26 bits per heavy atom. The summed E-state index contributed by atoms with van der Waals surface area (Å²) >= 11 is 8.47.